The van der Waals surface area contributed by atoms with E-state index in [0.717, 1.165) is 53.0 Å². The highest BCUT2D eigenvalue weighted by Crippen LogP contribution is 2.63. The first kappa shape index (κ1) is 35.3. The van der Waals surface area contributed by atoms with Crippen LogP contribution in [0.15, 0.2) is 65.6 Å². The number of phenols is 1. The molecule has 1 unspecified atom stereocenters. The Morgan fingerprint density at radius 1 is 1.16 bits per heavy atom. The van der Waals surface area contributed by atoms with Crippen LogP contribution in [0.3, 0.4) is 0 Å². The maximum Gasteiger partial charge on any atom is 0.253 e. The molecule has 5 aromatic rings. The van der Waals surface area contributed by atoms with Crippen molar-refractivity contribution in [1.29, 1.82) is 0 Å². The Balaban J connectivity index is 1.21. The zero-order valence-corrected chi connectivity index (χ0v) is 31.8. The van der Waals surface area contributed by atoms with Gasteiger partial charge in [-0.15, -0.1) is 0 Å². The van der Waals surface area contributed by atoms with Crippen molar-refractivity contribution in [2.75, 3.05) is 20.7 Å². The van der Waals surface area contributed by atoms with Gasteiger partial charge in [-0.2, -0.15) is 0 Å². The number of amides is 1. The van der Waals surface area contributed by atoms with Crippen LogP contribution in [0.1, 0.15) is 74.4 Å². The molecule has 6 atom stereocenters. The molecule has 4 N–H and O–H groups in total. The number of nitrogens with zero attached hydrogens (tertiary/aromatic N) is 2. The van der Waals surface area contributed by atoms with E-state index in [2.05, 4.69) is 35.2 Å². The number of aryl methyl sites for hydroxylation is 2. The lowest BCUT2D eigenvalue weighted by atomic mass is 9.52. The molecule has 2 aromatic carbocycles. The maximum absolute atomic E-state index is 15.5. The molecule has 10 nitrogen and oxygen atoms in total. The molecule has 3 aromatic heterocycles. The van der Waals surface area contributed by atoms with Crippen molar-refractivity contribution in [3.05, 3.63) is 127 Å². The number of nitrogens with one attached hydrogen (secondary N) is 2. The second-order valence-corrected chi connectivity index (χ2v) is 15.9. The van der Waals surface area contributed by atoms with Crippen LogP contribution in [0.5, 0.6) is 17.2 Å². The molecule has 2 bridgehead atoms. The minimum atomic E-state index is -0.799. The number of methoxy groups -OCH3 is 1. The number of H-pyrrole nitrogens is 1. The number of phenolic OH excluding ortho intramolecular Hbond substituents is 1. The van der Waals surface area contributed by atoms with Gasteiger partial charge in [-0.3, -0.25) is 9.59 Å². The number of hydrogen-bond acceptors (Lipinski definition) is 7. The molecule has 9 rings (SSSR count). The van der Waals surface area contributed by atoms with Crippen molar-refractivity contribution in [2.24, 2.45) is 5.92 Å². The Kier molecular flexibility index (Phi) is 8.07. The standard InChI is InChI=1S/C44H45FN4O6/c1-21-13-22(2)47-43(53)32(21)19-46-42(52)30-15-26-14-25(28-8-7-27(54-6)16-34(28)45)20-49(26)39(24(30)4)23(3)29-18-37(51)40-38-31(29)17-35-33-9-10-36(50)41(55-40)44(33,38)11-12-48(35)5/h7-10,13-16,18,20,23,33,35-36,41,50-51H,11-12,17,19H2,1-6H3,(H,46,52)(H,47,53)/t23?,33-,35+,36-,41-,44-/m0/s1. The molecule has 0 saturated carbocycles. The van der Waals surface area contributed by atoms with Crippen LogP contribution in [0.4, 0.5) is 4.39 Å². The van der Waals surface area contributed by atoms with E-state index in [0.29, 0.717) is 44.8 Å². The van der Waals surface area contributed by atoms with Gasteiger partial charge in [-0.25, -0.2) is 4.39 Å². The van der Waals surface area contributed by atoms with Crippen molar-refractivity contribution in [2.45, 2.75) is 76.7 Å². The van der Waals surface area contributed by atoms with Crippen LogP contribution >= 0.6 is 0 Å². The number of carbonyl (C=O) groups excluding carboxylic acids is 1. The fraction of sp³-hybridized carbons (Fsp3) is 0.364. The van der Waals surface area contributed by atoms with E-state index < -0.39 is 23.4 Å². The fourth-order valence-corrected chi connectivity index (χ4v) is 10.4. The van der Waals surface area contributed by atoms with Crippen molar-refractivity contribution >= 4 is 11.4 Å². The van der Waals surface area contributed by atoms with Crippen LogP contribution in [0.25, 0.3) is 16.6 Å². The molecule has 4 aliphatic rings. The highest BCUT2D eigenvalue weighted by atomic mass is 19.1. The van der Waals surface area contributed by atoms with Gasteiger partial charge >= 0.3 is 0 Å². The molecule has 11 heteroatoms. The van der Waals surface area contributed by atoms with Crippen LogP contribution in [-0.2, 0) is 18.4 Å². The van der Waals surface area contributed by atoms with E-state index in [4.69, 9.17) is 9.47 Å². The van der Waals surface area contributed by atoms with Gasteiger partial charge < -0.3 is 39.3 Å². The summed E-state index contributed by atoms with van der Waals surface area (Å²) in [5.41, 5.74) is 7.94. The molecule has 284 valence electrons. The first-order valence-electron chi connectivity index (χ1n) is 18.9. The summed E-state index contributed by atoms with van der Waals surface area (Å²) in [5.74, 6) is -0.118. The average molecular weight is 745 g/mol. The Bertz CT molecular complexity index is 2540. The topological polar surface area (TPSA) is 129 Å². The van der Waals surface area contributed by atoms with Gasteiger partial charge in [-0.1, -0.05) is 19.1 Å². The molecule has 1 saturated heterocycles. The minimum Gasteiger partial charge on any atom is -0.504 e. The van der Waals surface area contributed by atoms with Crippen LogP contribution < -0.4 is 20.3 Å². The number of carbonyl (C=O) groups is 1. The third-order valence-electron chi connectivity index (χ3n) is 13.0. The summed E-state index contributed by atoms with van der Waals surface area (Å²) in [5, 5.41) is 26.0. The zero-order chi connectivity index (χ0) is 38.7. The Morgan fingerprint density at radius 2 is 1.96 bits per heavy atom. The van der Waals surface area contributed by atoms with Gasteiger partial charge in [0.25, 0.3) is 11.5 Å². The number of rotatable bonds is 7. The van der Waals surface area contributed by atoms with E-state index in [1.165, 1.54) is 13.2 Å². The van der Waals surface area contributed by atoms with Gasteiger partial charge in [0, 0.05) is 86.8 Å². The molecule has 2 aliphatic heterocycles. The monoisotopic (exact) mass is 744 g/mol. The van der Waals surface area contributed by atoms with E-state index in [1.54, 1.807) is 24.3 Å². The van der Waals surface area contributed by atoms with Gasteiger partial charge in [-0.05, 0) is 106 Å². The van der Waals surface area contributed by atoms with Crippen molar-refractivity contribution < 1.29 is 28.9 Å². The number of fused-ring (bicyclic) bond motifs is 1. The normalized spacial score (nSPS) is 24.1. The van der Waals surface area contributed by atoms with Gasteiger partial charge in [0.2, 0.25) is 0 Å². The SMILES string of the molecule is COc1ccc(-c2cc3cc(C(=O)NCc4c(C)cc(C)[nH]c4=O)c(C)c(C(C)c4cc(O)c5c6c4C[C@@H]4[C@@H]7C=C[C@H](O)[C@H](O5)[C@]67CCN4C)n3c2)c(F)c1. The average Bonchev–Trinajstić information content (AvgIpc) is 3.73. The molecule has 2 aliphatic carbocycles. The quantitative estimate of drug-likeness (QED) is 0.152. The van der Waals surface area contributed by atoms with Gasteiger partial charge in [0.1, 0.15) is 23.8 Å². The number of ether oxygens (including phenoxy) is 2. The lowest BCUT2D eigenvalue weighted by Crippen LogP contribution is -2.64. The lowest BCUT2D eigenvalue weighted by molar-refractivity contribution is -0.0454. The molecule has 5 heterocycles. The number of likely N-dealkylation sites (N-methyl/N-ethyl adjacent to an activating group) is 1. The molecule has 1 amide bonds. The molecule has 55 heavy (non-hydrogen) atoms. The summed E-state index contributed by atoms with van der Waals surface area (Å²) >= 11 is 0. The predicted octanol–water partition coefficient (Wildman–Crippen LogP) is 5.96. The number of likely N-dealkylation sites (tertiary alicyclic amines) is 1. The van der Waals surface area contributed by atoms with E-state index in [9.17, 15) is 19.8 Å². The minimum absolute atomic E-state index is 0.0303. The highest BCUT2D eigenvalue weighted by Gasteiger charge is 2.64. The number of piperidine rings is 1. The van der Waals surface area contributed by atoms with Crippen LogP contribution in [0.2, 0.25) is 0 Å². The number of benzene rings is 2. The molecule has 1 spiro atoms. The largest absolute Gasteiger partial charge is 0.504 e. The number of pyridine rings is 2. The summed E-state index contributed by atoms with van der Waals surface area (Å²) in [7, 11) is 3.65. The number of halogens is 1. The van der Waals surface area contributed by atoms with Crippen molar-refractivity contribution in [3.63, 3.8) is 0 Å². The first-order chi connectivity index (χ1) is 26.3. The third-order valence-corrected chi connectivity index (χ3v) is 13.0. The zero-order valence-electron chi connectivity index (χ0n) is 31.8. The smallest absolute Gasteiger partial charge is 0.253 e. The number of aliphatic hydroxyl groups is 1. The van der Waals surface area contributed by atoms with E-state index in [-0.39, 0.29) is 41.6 Å². The predicted molar refractivity (Wildman–Crippen MR) is 207 cm³/mol. The van der Waals surface area contributed by atoms with Crippen LogP contribution in [0, 0.1) is 32.5 Å². The van der Waals surface area contributed by atoms with Crippen molar-refractivity contribution in [3.8, 4) is 28.4 Å². The molecule has 1 fully saturated rings. The van der Waals surface area contributed by atoms with Crippen molar-refractivity contribution in [1.82, 2.24) is 19.6 Å². The fourth-order valence-electron chi connectivity index (χ4n) is 10.4. The number of aromatic hydroxyl groups is 1. The van der Waals surface area contributed by atoms with Gasteiger partial charge in [0.05, 0.1) is 7.11 Å². The third kappa shape index (κ3) is 5.12. The maximum atomic E-state index is 15.5. The Hall–Kier alpha value is -5.39. The summed E-state index contributed by atoms with van der Waals surface area (Å²) in [6.07, 6.45) is 6.10. The summed E-state index contributed by atoms with van der Waals surface area (Å²) < 4.78 is 29.3. The first-order valence-corrected chi connectivity index (χ1v) is 18.9. The Morgan fingerprint density at radius 3 is 2.71 bits per heavy atom. The number of aromatic nitrogens is 2. The summed E-state index contributed by atoms with van der Waals surface area (Å²) in [6, 6.07) is 12.3. The van der Waals surface area contributed by atoms with E-state index in [1.807, 2.05) is 49.6 Å². The molecular weight excluding hydrogens is 700 g/mol. The molecule has 0 radical (unpaired) electrons. The van der Waals surface area contributed by atoms with Crippen LogP contribution in [-0.4, -0.2) is 69.4 Å². The second kappa shape index (κ2) is 12.6. The molecular formula is C44H45FN4O6. The number of hydrogen-bond donors (Lipinski definition) is 4. The number of aromatic amines is 1. The van der Waals surface area contributed by atoms with Gasteiger partial charge in [0.15, 0.2) is 11.5 Å². The summed E-state index contributed by atoms with van der Waals surface area (Å²) in [6.45, 7) is 8.55. The highest BCUT2D eigenvalue weighted by molar-refractivity contribution is 5.97. The summed E-state index contributed by atoms with van der Waals surface area (Å²) in [4.78, 5) is 32.2. The second-order valence-electron chi connectivity index (χ2n) is 15.9. The van der Waals surface area contributed by atoms with E-state index >= 15 is 4.39 Å². The lowest BCUT2D eigenvalue weighted by Gasteiger charge is -2.56. The number of aliphatic hydroxyl groups excluding tert-OH is 1. The Labute approximate surface area is 318 Å².